The number of carbonyl (C=O) groups is 1. The van der Waals surface area contributed by atoms with Gasteiger partial charge < -0.3 is 19.9 Å². The minimum atomic E-state index is -0.253. The van der Waals surface area contributed by atoms with Gasteiger partial charge in [-0.25, -0.2) is 4.79 Å². The summed E-state index contributed by atoms with van der Waals surface area (Å²) in [5.74, 6) is 1.81. The van der Waals surface area contributed by atoms with Crippen molar-refractivity contribution in [3.05, 3.63) is 54.7 Å². The molecular weight excluding hydrogens is 372 g/mol. The molecule has 2 amide bonds. The summed E-state index contributed by atoms with van der Waals surface area (Å²) in [4.78, 5) is 23.0. The summed E-state index contributed by atoms with van der Waals surface area (Å²) in [5.41, 5.74) is 1.55. The van der Waals surface area contributed by atoms with Gasteiger partial charge >= 0.3 is 6.03 Å². The Hall–Kier alpha value is -3.46. The molecule has 1 aliphatic rings. The van der Waals surface area contributed by atoms with E-state index in [-0.39, 0.29) is 18.1 Å². The summed E-state index contributed by atoms with van der Waals surface area (Å²) in [5, 5.41) is 9.91. The molecule has 1 saturated heterocycles. The summed E-state index contributed by atoms with van der Waals surface area (Å²) < 4.78 is 10.6. The number of ether oxygens (including phenoxy) is 1. The van der Waals surface area contributed by atoms with Gasteiger partial charge in [0.15, 0.2) is 0 Å². The fourth-order valence-corrected chi connectivity index (χ4v) is 3.41. The molecule has 150 valence electrons. The zero-order chi connectivity index (χ0) is 20.2. The van der Waals surface area contributed by atoms with Crippen molar-refractivity contribution >= 4 is 11.7 Å². The molecule has 9 nitrogen and oxygen atoms in total. The molecule has 2 aromatic heterocycles. The maximum atomic E-state index is 12.3. The van der Waals surface area contributed by atoms with Gasteiger partial charge in [-0.1, -0.05) is 5.16 Å². The molecule has 2 atom stereocenters. The van der Waals surface area contributed by atoms with E-state index in [0.29, 0.717) is 30.4 Å². The van der Waals surface area contributed by atoms with E-state index >= 15 is 0 Å². The number of methoxy groups -OCH3 is 1. The molecule has 4 rings (SSSR count). The molecule has 9 heteroatoms. The van der Waals surface area contributed by atoms with Crippen LogP contribution in [0.3, 0.4) is 0 Å². The number of hydrogen-bond donors (Lipinski definition) is 2. The van der Waals surface area contributed by atoms with Crippen LogP contribution in [0.25, 0.3) is 11.4 Å². The van der Waals surface area contributed by atoms with E-state index in [1.54, 1.807) is 43.8 Å². The van der Waals surface area contributed by atoms with Crippen LogP contribution >= 0.6 is 0 Å². The molecule has 2 N–H and O–H groups in total. The molecule has 0 bridgehead atoms. The highest BCUT2D eigenvalue weighted by molar-refractivity contribution is 5.89. The number of nitrogens with one attached hydrogen (secondary N) is 2. The second-order valence-electron chi connectivity index (χ2n) is 6.91. The summed E-state index contributed by atoms with van der Waals surface area (Å²) >= 11 is 0. The molecule has 3 aromatic rings. The third-order valence-electron chi connectivity index (χ3n) is 4.90. The maximum absolute atomic E-state index is 12.3. The molecule has 1 fully saturated rings. The summed E-state index contributed by atoms with van der Waals surface area (Å²) in [7, 11) is 3.58. The van der Waals surface area contributed by atoms with Crippen molar-refractivity contribution in [2.45, 2.75) is 18.5 Å². The molecule has 1 aliphatic heterocycles. The van der Waals surface area contributed by atoms with E-state index in [9.17, 15) is 4.79 Å². The maximum Gasteiger partial charge on any atom is 0.319 e. The Balaban J connectivity index is 1.36. The lowest BCUT2D eigenvalue weighted by Crippen LogP contribution is -2.39. The van der Waals surface area contributed by atoms with Crippen LogP contribution in [-0.4, -0.2) is 52.8 Å². The lowest BCUT2D eigenvalue weighted by molar-refractivity contribution is 0.243. The molecule has 1 aromatic carbocycles. The third-order valence-corrected chi connectivity index (χ3v) is 4.90. The number of likely N-dealkylation sites (N-methyl/N-ethyl adjacent to an activating group) is 1. The van der Waals surface area contributed by atoms with Gasteiger partial charge in [0, 0.05) is 36.2 Å². The Bertz CT molecular complexity index is 960. The zero-order valence-electron chi connectivity index (χ0n) is 16.2. The van der Waals surface area contributed by atoms with Crippen LogP contribution in [-0.2, 0) is 0 Å². The Kier molecular flexibility index (Phi) is 5.39. The monoisotopic (exact) mass is 394 g/mol. The lowest BCUT2D eigenvalue weighted by Gasteiger charge is -2.14. The normalized spacial score (nSPS) is 19.1. The van der Waals surface area contributed by atoms with Crippen molar-refractivity contribution < 1.29 is 14.1 Å². The van der Waals surface area contributed by atoms with E-state index in [1.165, 1.54) is 0 Å². The van der Waals surface area contributed by atoms with Crippen LogP contribution in [0, 0.1) is 0 Å². The fraction of sp³-hybridized carbons (Fsp3) is 0.300. The van der Waals surface area contributed by atoms with Gasteiger partial charge in [-0.3, -0.25) is 9.88 Å². The Labute approximate surface area is 168 Å². The molecule has 0 spiro atoms. The van der Waals surface area contributed by atoms with Crippen molar-refractivity contribution in [2.24, 2.45) is 0 Å². The van der Waals surface area contributed by atoms with Crippen molar-refractivity contribution in [3.63, 3.8) is 0 Å². The minimum absolute atomic E-state index is 0.0282. The molecule has 0 unspecified atom stereocenters. The fourth-order valence-electron chi connectivity index (χ4n) is 3.41. The van der Waals surface area contributed by atoms with E-state index in [1.807, 2.05) is 19.2 Å². The first-order valence-corrected chi connectivity index (χ1v) is 9.28. The van der Waals surface area contributed by atoms with Crippen LogP contribution in [0.1, 0.15) is 18.4 Å². The number of carbonyl (C=O) groups excluding carboxylic acids is 1. The van der Waals surface area contributed by atoms with Gasteiger partial charge in [0.1, 0.15) is 5.75 Å². The SMILES string of the molecule is COc1ccc(NC(=O)N[C@H]2C[C@@H](c3nc(-c4ccncc4)no3)N(C)C2)cc1. The average molecular weight is 394 g/mol. The van der Waals surface area contributed by atoms with Crippen LogP contribution in [0.5, 0.6) is 5.75 Å². The predicted molar refractivity (Wildman–Crippen MR) is 106 cm³/mol. The van der Waals surface area contributed by atoms with E-state index in [4.69, 9.17) is 9.26 Å². The third kappa shape index (κ3) is 4.35. The number of aromatic nitrogens is 3. The van der Waals surface area contributed by atoms with Crippen LogP contribution in [0.2, 0.25) is 0 Å². The Morgan fingerprint density at radius 3 is 2.69 bits per heavy atom. The number of pyridine rings is 1. The number of hydrogen-bond acceptors (Lipinski definition) is 7. The number of nitrogens with zero attached hydrogens (tertiary/aromatic N) is 4. The van der Waals surface area contributed by atoms with E-state index < -0.39 is 0 Å². The first kappa shape index (κ1) is 18.9. The van der Waals surface area contributed by atoms with Crippen molar-refractivity contribution in [1.29, 1.82) is 0 Å². The summed E-state index contributed by atoms with van der Waals surface area (Å²) in [6, 6.07) is 10.5. The van der Waals surface area contributed by atoms with Crippen LogP contribution in [0.4, 0.5) is 10.5 Å². The van der Waals surface area contributed by atoms with E-state index in [2.05, 4.69) is 30.7 Å². The largest absolute Gasteiger partial charge is 0.497 e. The van der Waals surface area contributed by atoms with Gasteiger partial charge in [0.2, 0.25) is 11.7 Å². The second kappa shape index (κ2) is 8.27. The number of anilines is 1. The standard InChI is InChI=1S/C20H22N6O3/c1-26-12-15(23-20(27)22-14-3-5-16(28-2)6-4-14)11-17(26)19-24-18(25-29-19)13-7-9-21-10-8-13/h3-10,15,17H,11-12H2,1-2H3,(H2,22,23,27)/t15-,17-/m0/s1. The molecular formula is C20H22N6O3. The number of rotatable bonds is 5. The molecule has 0 saturated carbocycles. The Morgan fingerprint density at radius 2 is 1.97 bits per heavy atom. The minimum Gasteiger partial charge on any atom is -0.497 e. The number of urea groups is 1. The number of amides is 2. The van der Waals surface area contributed by atoms with Crippen LogP contribution < -0.4 is 15.4 Å². The molecule has 29 heavy (non-hydrogen) atoms. The van der Waals surface area contributed by atoms with Gasteiger partial charge in [-0.2, -0.15) is 4.98 Å². The van der Waals surface area contributed by atoms with Crippen molar-refractivity contribution in [1.82, 2.24) is 25.3 Å². The molecule has 3 heterocycles. The summed E-state index contributed by atoms with van der Waals surface area (Å²) in [6.07, 6.45) is 4.06. The van der Waals surface area contributed by atoms with E-state index in [0.717, 1.165) is 11.3 Å². The highest BCUT2D eigenvalue weighted by atomic mass is 16.5. The van der Waals surface area contributed by atoms with Gasteiger partial charge in [-0.15, -0.1) is 0 Å². The smallest absolute Gasteiger partial charge is 0.319 e. The zero-order valence-corrected chi connectivity index (χ0v) is 16.2. The average Bonchev–Trinajstić information content (AvgIpc) is 3.36. The Morgan fingerprint density at radius 1 is 1.21 bits per heavy atom. The predicted octanol–water partition coefficient (Wildman–Crippen LogP) is 2.71. The van der Waals surface area contributed by atoms with Gasteiger partial charge in [-0.05, 0) is 49.9 Å². The second-order valence-corrected chi connectivity index (χ2v) is 6.91. The highest BCUT2D eigenvalue weighted by Crippen LogP contribution is 2.30. The molecule has 0 radical (unpaired) electrons. The summed E-state index contributed by atoms with van der Waals surface area (Å²) in [6.45, 7) is 0.688. The molecule has 0 aliphatic carbocycles. The van der Waals surface area contributed by atoms with Gasteiger partial charge in [0.25, 0.3) is 0 Å². The van der Waals surface area contributed by atoms with Crippen molar-refractivity contribution in [3.8, 4) is 17.1 Å². The number of benzene rings is 1. The quantitative estimate of drug-likeness (QED) is 0.685. The first-order valence-electron chi connectivity index (χ1n) is 9.28. The number of likely N-dealkylation sites (tertiary alicyclic amines) is 1. The first-order chi connectivity index (χ1) is 14.1. The topological polar surface area (TPSA) is 105 Å². The van der Waals surface area contributed by atoms with Crippen LogP contribution in [0.15, 0.2) is 53.3 Å². The highest BCUT2D eigenvalue weighted by Gasteiger charge is 2.35. The van der Waals surface area contributed by atoms with Gasteiger partial charge in [0.05, 0.1) is 13.2 Å². The van der Waals surface area contributed by atoms with Crippen molar-refractivity contribution in [2.75, 3.05) is 26.0 Å². The lowest BCUT2D eigenvalue weighted by atomic mass is 10.1.